The summed E-state index contributed by atoms with van der Waals surface area (Å²) < 4.78 is 1.82. The normalized spacial score (nSPS) is 11.3. The zero-order chi connectivity index (χ0) is 15.4. The van der Waals surface area contributed by atoms with Crippen LogP contribution in [0.15, 0.2) is 18.6 Å². The molecular formula is C14H22N6O. The van der Waals surface area contributed by atoms with Crippen LogP contribution < -0.4 is 10.6 Å². The van der Waals surface area contributed by atoms with Gasteiger partial charge < -0.3 is 15.5 Å². The second-order valence-electron chi connectivity index (χ2n) is 5.52. The Labute approximate surface area is 124 Å². The fourth-order valence-corrected chi connectivity index (χ4v) is 1.75. The Morgan fingerprint density at radius 1 is 1.33 bits per heavy atom. The van der Waals surface area contributed by atoms with Gasteiger partial charge in [-0.3, -0.25) is 9.20 Å². The van der Waals surface area contributed by atoms with E-state index in [0.29, 0.717) is 11.5 Å². The Morgan fingerprint density at radius 3 is 2.76 bits per heavy atom. The summed E-state index contributed by atoms with van der Waals surface area (Å²) in [4.78, 5) is 22.4. The highest BCUT2D eigenvalue weighted by Gasteiger charge is 2.11. The number of aromatic nitrogens is 3. The smallest absolute Gasteiger partial charge is 0.228 e. The zero-order valence-corrected chi connectivity index (χ0v) is 12.9. The fraction of sp³-hybridized carbons (Fsp3) is 0.500. The second kappa shape index (κ2) is 6.53. The van der Waals surface area contributed by atoms with Crippen LogP contribution in [-0.2, 0) is 4.79 Å². The molecule has 7 heteroatoms. The molecule has 0 fully saturated rings. The maximum atomic E-state index is 11.8. The van der Waals surface area contributed by atoms with Crippen molar-refractivity contribution in [3.05, 3.63) is 18.6 Å². The van der Waals surface area contributed by atoms with Gasteiger partial charge in [-0.25, -0.2) is 9.97 Å². The summed E-state index contributed by atoms with van der Waals surface area (Å²) in [7, 11) is 4.04. The Hall–Kier alpha value is -2.15. The van der Waals surface area contributed by atoms with Gasteiger partial charge in [-0.05, 0) is 14.1 Å². The number of carbonyl (C=O) groups excluding carboxylic acids is 1. The van der Waals surface area contributed by atoms with Crippen LogP contribution in [0.3, 0.4) is 0 Å². The molecule has 0 saturated heterocycles. The van der Waals surface area contributed by atoms with Crippen LogP contribution in [0.25, 0.3) is 5.65 Å². The van der Waals surface area contributed by atoms with E-state index in [9.17, 15) is 4.79 Å². The van der Waals surface area contributed by atoms with E-state index in [2.05, 4.69) is 25.5 Å². The summed E-state index contributed by atoms with van der Waals surface area (Å²) in [5.74, 6) is 1.30. The van der Waals surface area contributed by atoms with Crippen molar-refractivity contribution < 1.29 is 4.79 Å². The van der Waals surface area contributed by atoms with E-state index in [-0.39, 0.29) is 11.8 Å². The monoisotopic (exact) mass is 290 g/mol. The largest absolute Gasteiger partial charge is 0.368 e. The van der Waals surface area contributed by atoms with E-state index < -0.39 is 0 Å². The van der Waals surface area contributed by atoms with E-state index in [1.807, 2.05) is 38.5 Å². The number of amides is 1. The molecule has 0 aliphatic heterocycles. The lowest BCUT2D eigenvalue weighted by Crippen LogP contribution is -2.21. The average molecular weight is 290 g/mol. The first kappa shape index (κ1) is 15.2. The van der Waals surface area contributed by atoms with Crippen molar-refractivity contribution >= 4 is 23.2 Å². The van der Waals surface area contributed by atoms with Crippen LogP contribution in [0.5, 0.6) is 0 Å². The van der Waals surface area contributed by atoms with Crippen molar-refractivity contribution in [1.29, 1.82) is 0 Å². The lowest BCUT2D eigenvalue weighted by molar-refractivity contribution is -0.118. The Bertz CT molecular complexity index is 619. The summed E-state index contributed by atoms with van der Waals surface area (Å²) in [6.45, 7) is 5.43. The first-order valence-electron chi connectivity index (χ1n) is 7.00. The third-order valence-corrected chi connectivity index (χ3v) is 3.04. The first-order chi connectivity index (χ1) is 9.97. The Balaban J connectivity index is 2.14. The highest BCUT2D eigenvalue weighted by Crippen LogP contribution is 2.14. The number of likely N-dealkylation sites (N-methyl/N-ethyl adjacent to an activating group) is 1. The highest BCUT2D eigenvalue weighted by molar-refractivity contribution is 5.91. The molecule has 0 aromatic carbocycles. The van der Waals surface area contributed by atoms with Crippen LogP contribution >= 0.6 is 0 Å². The van der Waals surface area contributed by atoms with Gasteiger partial charge in [0.25, 0.3) is 0 Å². The number of imidazole rings is 1. The minimum absolute atomic E-state index is 0.0317. The van der Waals surface area contributed by atoms with Gasteiger partial charge >= 0.3 is 0 Å². The molecule has 1 amide bonds. The van der Waals surface area contributed by atoms with E-state index >= 15 is 0 Å². The third-order valence-electron chi connectivity index (χ3n) is 3.04. The van der Waals surface area contributed by atoms with Crippen LogP contribution in [0, 0.1) is 5.92 Å². The van der Waals surface area contributed by atoms with Gasteiger partial charge in [0.2, 0.25) is 5.91 Å². The molecule has 0 unspecified atom stereocenters. The molecule has 0 aliphatic carbocycles. The summed E-state index contributed by atoms with van der Waals surface area (Å²) >= 11 is 0. The van der Waals surface area contributed by atoms with E-state index in [1.54, 1.807) is 12.4 Å². The maximum absolute atomic E-state index is 11.8. The molecule has 0 radical (unpaired) electrons. The van der Waals surface area contributed by atoms with Crippen molar-refractivity contribution in [1.82, 2.24) is 19.3 Å². The SMILES string of the molecule is CC(C)C(=O)Nc1cnc2cnc(NCCN(C)C)cn12. The molecule has 0 spiro atoms. The number of nitrogens with one attached hydrogen (secondary N) is 2. The number of rotatable bonds is 6. The highest BCUT2D eigenvalue weighted by atomic mass is 16.1. The van der Waals surface area contributed by atoms with E-state index in [4.69, 9.17) is 0 Å². The van der Waals surface area contributed by atoms with Gasteiger partial charge in [0.15, 0.2) is 5.65 Å². The molecule has 2 aromatic rings. The maximum Gasteiger partial charge on any atom is 0.228 e. The molecular weight excluding hydrogens is 268 g/mol. The van der Waals surface area contributed by atoms with Crippen LogP contribution in [0.2, 0.25) is 0 Å². The van der Waals surface area contributed by atoms with Crippen molar-refractivity contribution in [3.8, 4) is 0 Å². The molecule has 2 N–H and O–H groups in total. The fourth-order valence-electron chi connectivity index (χ4n) is 1.75. The van der Waals surface area contributed by atoms with E-state index in [0.717, 1.165) is 18.9 Å². The molecule has 2 rings (SSSR count). The van der Waals surface area contributed by atoms with Gasteiger partial charge in [0.05, 0.1) is 18.6 Å². The van der Waals surface area contributed by atoms with E-state index in [1.165, 1.54) is 0 Å². The predicted octanol–water partition coefficient (Wildman–Crippen LogP) is 1.30. The second-order valence-corrected chi connectivity index (χ2v) is 5.52. The van der Waals surface area contributed by atoms with Crippen molar-refractivity contribution in [2.24, 2.45) is 5.92 Å². The molecule has 0 bridgehead atoms. The van der Waals surface area contributed by atoms with Gasteiger partial charge in [0.1, 0.15) is 11.6 Å². The van der Waals surface area contributed by atoms with Crippen molar-refractivity contribution in [3.63, 3.8) is 0 Å². The summed E-state index contributed by atoms with van der Waals surface area (Å²) in [6, 6.07) is 0. The third kappa shape index (κ3) is 3.91. The Kier molecular flexibility index (Phi) is 4.74. The van der Waals surface area contributed by atoms with Crippen molar-refractivity contribution in [2.45, 2.75) is 13.8 Å². The average Bonchev–Trinajstić information content (AvgIpc) is 2.81. The lowest BCUT2D eigenvalue weighted by Gasteiger charge is -2.11. The molecule has 114 valence electrons. The minimum Gasteiger partial charge on any atom is -0.368 e. The van der Waals surface area contributed by atoms with Crippen LogP contribution in [-0.4, -0.2) is 52.4 Å². The molecule has 0 saturated carbocycles. The molecule has 2 heterocycles. The minimum atomic E-state index is -0.0740. The van der Waals surface area contributed by atoms with Crippen molar-refractivity contribution in [2.75, 3.05) is 37.8 Å². The topological polar surface area (TPSA) is 74.6 Å². The summed E-state index contributed by atoms with van der Waals surface area (Å²) in [5.41, 5.74) is 0.701. The number of nitrogens with zero attached hydrogens (tertiary/aromatic N) is 4. The predicted molar refractivity (Wildman–Crippen MR) is 83.5 cm³/mol. The van der Waals surface area contributed by atoms with Gasteiger partial charge in [-0.15, -0.1) is 0 Å². The number of fused-ring (bicyclic) bond motifs is 1. The first-order valence-corrected chi connectivity index (χ1v) is 7.00. The van der Waals surface area contributed by atoms with Crippen LogP contribution in [0.4, 0.5) is 11.6 Å². The van der Waals surface area contributed by atoms with Gasteiger partial charge in [0, 0.05) is 19.0 Å². The number of hydrogen-bond donors (Lipinski definition) is 2. The molecule has 0 aliphatic rings. The van der Waals surface area contributed by atoms with Gasteiger partial charge in [-0.1, -0.05) is 13.8 Å². The van der Waals surface area contributed by atoms with Gasteiger partial charge in [-0.2, -0.15) is 0 Å². The molecule has 7 nitrogen and oxygen atoms in total. The Morgan fingerprint density at radius 2 is 2.10 bits per heavy atom. The number of hydrogen-bond acceptors (Lipinski definition) is 5. The molecule has 21 heavy (non-hydrogen) atoms. The summed E-state index contributed by atoms with van der Waals surface area (Å²) in [5, 5.41) is 6.11. The standard InChI is InChI=1S/C14H22N6O/c1-10(2)14(21)18-13-8-17-12-7-16-11(9-20(12)13)15-5-6-19(3)4/h7-10,15H,5-6H2,1-4H3,(H,18,21). The summed E-state index contributed by atoms with van der Waals surface area (Å²) in [6.07, 6.45) is 5.16. The number of anilines is 2. The zero-order valence-electron chi connectivity index (χ0n) is 12.9. The molecule has 0 atom stereocenters. The quantitative estimate of drug-likeness (QED) is 0.838. The molecule has 2 aromatic heterocycles. The lowest BCUT2D eigenvalue weighted by atomic mass is 10.2. The number of carbonyl (C=O) groups is 1. The van der Waals surface area contributed by atoms with Crippen LogP contribution in [0.1, 0.15) is 13.8 Å².